The van der Waals surface area contributed by atoms with Gasteiger partial charge in [0.15, 0.2) is 5.11 Å². The number of methoxy groups -OCH3 is 1. The van der Waals surface area contributed by atoms with Crippen LogP contribution in [0.1, 0.15) is 0 Å². The van der Waals surface area contributed by atoms with E-state index in [0.29, 0.717) is 0 Å². The largest absolute Gasteiger partial charge is 0.497 e. The molecule has 0 unspecified atom stereocenters. The van der Waals surface area contributed by atoms with Crippen LogP contribution in [0.3, 0.4) is 0 Å². The molecule has 132 valence electrons. The minimum absolute atomic E-state index is 0.154. The van der Waals surface area contributed by atoms with Crippen molar-refractivity contribution >= 4 is 34.4 Å². The molecule has 0 aromatic heterocycles. The van der Waals surface area contributed by atoms with Crippen LogP contribution in [0, 0.1) is 0 Å². The van der Waals surface area contributed by atoms with Gasteiger partial charge in [-0.1, -0.05) is 0 Å². The van der Waals surface area contributed by atoms with Gasteiger partial charge >= 0.3 is 0 Å². The van der Waals surface area contributed by atoms with Crippen molar-refractivity contribution in [3.63, 3.8) is 0 Å². The third-order valence-corrected chi connectivity index (χ3v) is 4.64. The Bertz CT molecular complexity index is 711. The Morgan fingerprint density at radius 1 is 0.920 bits per heavy atom. The Kier molecular flexibility index (Phi) is 5.25. The molecule has 25 heavy (non-hydrogen) atoms. The molecule has 0 radical (unpaired) electrons. The van der Waals surface area contributed by atoms with Gasteiger partial charge < -0.3 is 20.3 Å². The summed E-state index contributed by atoms with van der Waals surface area (Å²) in [6.07, 6.45) is 0. The molecule has 1 heterocycles. The van der Waals surface area contributed by atoms with E-state index in [1.54, 1.807) is 7.11 Å². The van der Waals surface area contributed by atoms with Gasteiger partial charge in [-0.3, -0.25) is 5.01 Å². The van der Waals surface area contributed by atoms with E-state index < -0.39 is 0 Å². The molecule has 1 saturated heterocycles. The van der Waals surface area contributed by atoms with Crippen LogP contribution < -0.4 is 31.1 Å². The highest BCUT2D eigenvalue weighted by Gasteiger charge is 2.18. The lowest BCUT2D eigenvalue weighted by atomic mass is 10.2. The Labute approximate surface area is 153 Å². The van der Waals surface area contributed by atoms with Crippen molar-refractivity contribution in [3.05, 3.63) is 48.5 Å². The molecule has 0 amide bonds. The minimum atomic E-state index is 0.154. The summed E-state index contributed by atoms with van der Waals surface area (Å²) in [5.74, 6) is 6.69. The molecule has 1 aliphatic heterocycles. The van der Waals surface area contributed by atoms with E-state index in [9.17, 15) is 0 Å². The second-order valence-corrected chi connectivity index (χ2v) is 6.32. The van der Waals surface area contributed by atoms with E-state index in [-0.39, 0.29) is 5.11 Å². The van der Waals surface area contributed by atoms with Gasteiger partial charge in [0.25, 0.3) is 0 Å². The molecule has 0 bridgehead atoms. The van der Waals surface area contributed by atoms with Crippen LogP contribution in [-0.4, -0.2) is 38.4 Å². The molecule has 7 heteroatoms. The first-order valence-electron chi connectivity index (χ1n) is 8.17. The third-order valence-electron chi connectivity index (χ3n) is 4.45. The number of hydrazine groups is 1. The molecule has 4 N–H and O–H groups in total. The van der Waals surface area contributed by atoms with Crippen LogP contribution in [0.25, 0.3) is 0 Å². The summed E-state index contributed by atoms with van der Waals surface area (Å²) >= 11 is 4.89. The van der Waals surface area contributed by atoms with Gasteiger partial charge in [-0.05, 0) is 60.7 Å². The van der Waals surface area contributed by atoms with E-state index >= 15 is 0 Å². The molecule has 6 nitrogen and oxygen atoms in total. The highest BCUT2D eigenvalue weighted by molar-refractivity contribution is 7.80. The van der Waals surface area contributed by atoms with E-state index in [2.05, 4.69) is 34.1 Å². The third kappa shape index (κ3) is 3.94. The zero-order chi connectivity index (χ0) is 17.8. The number of piperazine rings is 1. The topological polar surface area (TPSA) is 71.0 Å². The van der Waals surface area contributed by atoms with Crippen LogP contribution in [0.5, 0.6) is 5.75 Å². The Balaban J connectivity index is 1.60. The molecule has 2 aromatic rings. The summed E-state index contributed by atoms with van der Waals surface area (Å²) in [5, 5.41) is 1.46. The van der Waals surface area contributed by atoms with Gasteiger partial charge in [0.05, 0.1) is 12.8 Å². The average molecular weight is 357 g/mol. The summed E-state index contributed by atoms with van der Waals surface area (Å²) in [5.41, 5.74) is 8.73. The van der Waals surface area contributed by atoms with Crippen molar-refractivity contribution in [1.29, 1.82) is 0 Å². The molecule has 0 atom stereocenters. The summed E-state index contributed by atoms with van der Waals surface area (Å²) < 4.78 is 5.22. The molecular formula is C18H23N5OS. The zero-order valence-corrected chi connectivity index (χ0v) is 15.1. The average Bonchev–Trinajstić information content (AvgIpc) is 2.67. The molecule has 0 aliphatic carbocycles. The Morgan fingerprint density at radius 2 is 1.36 bits per heavy atom. The zero-order valence-electron chi connectivity index (χ0n) is 14.3. The quantitative estimate of drug-likeness (QED) is 0.492. The molecule has 1 fully saturated rings. The summed E-state index contributed by atoms with van der Waals surface area (Å²) in [6.45, 7) is 3.88. The maximum absolute atomic E-state index is 5.81. The number of ether oxygens (including phenoxy) is 1. The number of hydrogen-bond acceptors (Lipinski definition) is 5. The van der Waals surface area contributed by atoms with Crippen molar-refractivity contribution < 1.29 is 4.74 Å². The fraction of sp³-hybridized carbons (Fsp3) is 0.278. The number of nitrogens with zero attached hydrogens (tertiary/aromatic N) is 3. The van der Waals surface area contributed by atoms with Crippen molar-refractivity contribution in [2.24, 2.45) is 11.6 Å². The van der Waals surface area contributed by atoms with Crippen LogP contribution in [0.4, 0.5) is 17.1 Å². The van der Waals surface area contributed by atoms with Crippen molar-refractivity contribution in [3.8, 4) is 5.75 Å². The van der Waals surface area contributed by atoms with Crippen molar-refractivity contribution in [2.45, 2.75) is 0 Å². The number of rotatable bonds is 4. The van der Waals surface area contributed by atoms with Gasteiger partial charge in [-0.15, -0.1) is 0 Å². The first-order chi connectivity index (χ1) is 12.1. The fourth-order valence-electron chi connectivity index (χ4n) is 2.97. The fourth-order valence-corrected chi connectivity index (χ4v) is 3.07. The van der Waals surface area contributed by atoms with Crippen LogP contribution >= 0.6 is 12.2 Å². The smallest absolute Gasteiger partial charge is 0.185 e. The van der Waals surface area contributed by atoms with Gasteiger partial charge in [-0.2, -0.15) is 0 Å². The molecular weight excluding hydrogens is 334 g/mol. The standard InChI is InChI=1S/C18H23N5OS/c1-24-17-8-6-15(7-9-17)22-12-10-21(11-13-22)14-2-4-16(5-3-14)23(20)18(19)25/h2-9H,10-13,20H2,1H3,(H2,19,25). The number of nitrogens with two attached hydrogens (primary N) is 2. The molecule has 1 aliphatic rings. The van der Waals surface area contributed by atoms with Crippen LogP contribution in [0.15, 0.2) is 48.5 Å². The minimum Gasteiger partial charge on any atom is -0.497 e. The number of hydrogen-bond donors (Lipinski definition) is 2. The lowest BCUT2D eigenvalue weighted by Gasteiger charge is -2.37. The second-order valence-electron chi connectivity index (χ2n) is 5.90. The highest BCUT2D eigenvalue weighted by atomic mass is 32.1. The first kappa shape index (κ1) is 17.3. The Hall–Kier alpha value is -2.51. The van der Waals surface area contributed by atoms with E-state index in [0.717, 1.165) is 37.6 Å². The van der Waals surface area contributed by atoms with Gasteiger partial charge in [0, 0.05) is 37.6 Å². The van der Waals surface area contributed by atoms with E-state index in [4.69, 9.17) is 28.5 Å². The number of anilines is 3. The van der Waals surface area contributed by atoms with Gasteiger partial charge in [0.1, 0.15) is 5.75 Å². The maximum atomic E-state index is 5.81. The van der Waals surface area contributed by atoms with Gasteiger partial charge in [-0.25, -0.2) is 5.84 Å². The van der Waals surface area contributed by atoms with Crippen molar-refractivity contribution in [1.82, 2.24) is 0 Å². The number of thiocarbonyl (C=S) groups is 1. The lowest BCUT2D eigenvalue weighted by Crippen LogP contribution is -2.46. The predicted octanol–water partition coefficient (Wildman–Crippen LogP) is 1.95. The maximum Gasteiger partial charge on any atom is 0.185 e. The molecule has 0 saturated carbocycles. The predicted molar refractivity (Wildman–Crippen MR) is 107 cm³/mol. The summed E-state index contributed by atoms with van der Waals surface area (Å²) in [4.78, 5) is 4.75. The van der Waals surface area contributed by atoms with Crippen LogP contribution in [-0.2, 0) is 0 Å². The second kappa shape index (κ2) is 7.58. The SMILES string of the molecule is COc1ccc(N2CCN(c3ccc(N(N)C(N)=S)cc3)CC2)cc1. The molecule has 0 spiro atoms. The first-order valence-corrected chi connectivity index (χ1v) is 8.57. The monoisotopic (exact) mass is 357 g/mol. The normalized spacial score (nSPS) is 14.3. The number of benzene rings is 2. The van der Waals surface area contributed by atoms with Gasteiger partial charge in [0.2, 0.25) is 0 Å². The Morgan fingerprint density at radius 3 is 1.76 bits per heavy atom. The van der Waals surface area contributed by atoms with E-state index in [1.807, 2.05) is 24.3 Å². The van der Waals surface area contributed by atoms with Crippen molar-refractivity contribution in [2.75, 3.05) is 48.1 Å². The molecule has 3 rings (SSSR count). The summed E-state index contributed by atoms with van der Waals surface area (Å²) in [6, 6.07) is 16.2. The van der Waals surface area contributed by atoms with Crippen LogP contribution in [0.2, 0.25) is 0 Å². The summed E-state index contributed by atoms with van der Waals surface area (Å²) in [7, 11) is 1.68. The van der Waals surface area contributed by atoms with E-state index in [1.165, 1.54) is 16.4 Å². The lowest BCUT2D eigenvalue weighted by molar-refractivity contribution is 0.415. The highest BCUT2D eigenvalue weighted by Crippen LogP contribution is 2.24. The molecule has 2 aromatic carbocycles.